The van der Waals surface area contributed by atoms with Gasteiger partial charge in [-0.25, -0.2) is 0 Å². The van der Waals surface area contributed by atoms with Gasteiger partial charge in [0, 0.05) is 32.0 Å². The Morgan fingerprint density at radius 3 is 2.91 bits per heavy atom. The second kappa shape index (κ2) is 8.82. The first-order valence-electron chi connectivity index (χ1n) is 8.28. The average molecular weight is 340 g/mol. The van der Waals surface area contributed by atoms with Crippen LogP contribution in [0.3, 0.4) is 0 Å². The van der Waals surface area contributed by atoms with Crippen molar-refractivity contribution in [3.05, 3.63) is 24.0 Å². The summed E-state index contributed by atoms with van der Waals surface area (Å²) >= 11 is 7.61. The molecule has 22 heavy (non-hydrogen) atoms. The lowest BCUT2D eigenvalue weighted by atomic mass is 10.0. The second-order valence-electron chi connectivity index (χ2n) is 6.30. The smallest absolute Gasteiger partial charge is 0.169 e. The van der Waals surface area contributed by atoms with Crippen LogP contribution in [0, 0.1) is 5.92 Å². The number of hydrogen-bond donors (Lipinski definition) is 1. The summed E-state index contributed by atoms with van der Waals surface area (Å²) in [6.45, 7) is 4.40. The zero-order chi connectivity index (χ0) is 15.9. The third-order valence-electron chi connectivity index (χ3n) is 4.56. The molecule has 124 valence electrons. The number of thioether (sulfide) groups is 1. The third kappa shape index (κ3) is 4.66. The molecule has 1 saturated heterocycles. The summed E-state index contributed by atoms with van der Waals surface area (Å²) in [4.78, 5) is 2.42. The van der Waals surface area contributed by atoms with Crippen LogP contribution in [0.1, 0.15) is 44.3 Å². The molecule has 0 amide bonds. The van der Waals surface area contributed by atoms with E-state index in [2.05, 4.69) is 53.3 Å². The summed E-state index contributed by atoms with van der Waals surface area (Å²) in [6, 6.07) is 4.78. The Hall–Kier alpha value is -0.680. The molecule has 5 heteroatoms. The van der Waals surface area contributed by atoms with Crippen molar-refractivity contribution in [3.63, 3.8) is 0 Å². The van der Waals surface area contributed by atoms with Gasteiger partial charge in [0.25, 0.3) is 0 Å². The van der Waals surface area contributed by atoms with Gasteiger partial charge < -0.3 is 14.8 Å². The van der Waals surface area contributed by atoms with Crippen LogP contribution >= 0.6 is 24.0 Å². The van der Waals surface area contributed by atoms with E-state index >= 15 is 0 Å². The van der Waals surface area contributed by atoms with Crippen molar-refractivity contribution in [1.82, 2.24) is 14.8 Å². The van der Waals surface area contributed by atoms with Crippen LogP contribution in [0.2, 0.25) is 0 Å². The van der Waals surface area contributed by atoms with Crippen LogP contribution in [0.25, 0.3) is 0 Å². The van der Waals surface area contributed by atoms with Gasteiger partial charge in [0.05, 0.1) is 6.04 Å². The van der Waals surface area contributed by atoms with Crippen LogP contribution in [-0.4, -0.2) is 39.7 Å². The summed E-state index contributed by atoms with van der Waals surface area (Å²) in [7, 11) is 2.14. The maximum atomic E-state index is 5.72. The summed E-state index contributed by atoms with van der Waals surface area (Å²) < 4.78 is 2.24. The fraction of sp³-hybridized carbons (Fsp3) is 0.706. The van der Waals surface area contributed by atoms with Crippen molar-refractivity contribution in [2.75, 3.05) is 25.1 Å². The Balaban J connectivity index is 2.06. The monoisotopic (exact) mass is 339 g/mol. The summed E-state index contributed by atoms with van der Waals surface area (Å²) in [5, 5.41) is 4.41. The van der Waals surface area contributed by atoms with Crippen LogP contribution in [0.4, 0.5) is 0 Å². The summed E-state index contributed by atoms with van der Waals surface area (Å²) in [6.07, 6.45) is 9.15. The molecule has 2 rings (SSSR count). The van der Waals surface area contributed by atoms with E-state index in [4.69, 9.17) is 12.2 Å². The number of thiocarbonyl (C=S) groups is 1. The minimum absolute atomic E-state index is 0.408. The molecule has 0 spiro atoms. The highest BCUT2D eigenvalue weighted by atomic mass is 32.2. The molecular formula is C17H29N3S2. The van der Waals surface area contributed by atoms with Gasteiger partial charge in [0.15, 0.2) is 5.11 Å². The number of likely N-dealkylation sites (tertiary alicyclic amines) is 1. The second-order valence-corrected chi connectivity index (χ2v) is 7.67. The molecule has 0 aromatic carbocycles. The number of rotatable bonds is 5. The lowest BCUT2D eigenvalue weighted by Gasteiger charge is -2.33. The average Bonchev–Trinajstić information content (AvgIpc) is 2.82. The van der Waals surface area contributed by atoms with Crippen molar-refractivity contribution < 1.29 is 0 Å². The molecule has 0 unspecified atom stereocenters. The van der Waals surface area contributed by atoms with Crippen molar-refractivity contribution in [1.29, 1.82) is 0 Å². The van der Waals surface area contributed by atoms with Crippen molar-refractivity contribution in [2.24, 2.45) is 13.0 Å². The van der Waals surface area contributed by atoms with E-state index in [0.717, 1.165) is 24.1 Å². The first-order chi connectivity index (χ1) is 10.6. The fourth-order valence-electron chi connectivity index (χ4n) is 3.14. The molecule has 0 saturated carbocycles. The summed E-state index contributed by atoms with van der Waals surface area (Å²) in [5.41, 5.74) is 1.38. The largest absolute Gasteiger partial charge is 0.363 e. The number of aromatic nitrogens is 1. The van der Waals surface area contributed by atoms with E-state index in [1.165, 1.54) is 37.1 Å². The molecule has 3 nitrogen and oxygen atoms in total. The summed E-state index contributed by atoms with van der Waals surface area (Å²) in [5.74, 6) is 1.97. The van der Waals surface area contributed by atoms with E-state index in [9.17, 15) is 0 Å². The number of hydrogen-bond acceptors (Lipinski definition) is 2. The van der Waals surface area contributed by atoms with Crippen molar-refractivity contribution in [3.8, 4) is 0 Å². The molecular weight excluding hydrogens is 310 g/mol. The van der Waals surface area contributed by atoms with E-state index in [0.29, 0.717) is 6.04 Å². The zero-order valence-electron chi connectivity index (χ0n) is 14.0. The Morgan fingerprint density at radius 1 is 1.41 bits per heavy atom. The predicted molar refractivity (Wildman–Crippen MR) is 101 cm³/mol. The zero-order valence-corrected chi connectivity index (χ0v) is 15.7. The minimum Gasteiger partial charge on any atom is -0.363 e. The van der Waals surface area contributed by atoms with Crippen LogP contribution < -0.4 is 5.32 Å². The van der Waals surface area contributed by atoms with E-state index in [1.807, 2.05) is 11.8 Å². The highest BCUT2D eigenvalue weighted by molar-refractivity contribution is 7.98. The van der Waals surface area contributed by atoms with Gasteiger partial charge >= 0.3 is 0 Å². The minimum atomic E-state index is 0.408. The predicted octanol–water partition coefficient (Wildman–Crippen LogP) is 3.82. The Labute approximate surface area is 144 Å². The van der Waals surface area contributed by atoms with Gasteiger partial charge in [-0.2, -0.15) is 11.8 Å². The Bertz CT molecular complexity index is 472. The molecule has 0 radical (unpaired) electrons. The molecule has 1 aliphatic rings. The molecule has 2 heterocycles. The van der Waals surface area contributed by atoms with Crippen LogP contribution in [-0.2, 0) is 7.05 Å². The highest BCUT2D eigenvalue weighted by Gasteiger charge is 2.28. The Morgan fingerprint density at radius 2 is 2.23 bits per heavy atom. The lowest BCUT2D eigenvalue weighted by Crippen LogP contribution is -2.42. The first kappa shape index (κ1) is 17.7. The van der Waals surface area contributed by atoms with E-state index < -0.39 is 0 Å². The SMILES string of the molecule is CSCCCNC(=S)N1CC[C@@H](C)CC[C@H]1c1cccn1C. The van der Waals surface area contributed by atoms with Gasteiger partial charge in [-0.05, 0) is 68.0 Å². The topological polar surface area (TPSA) is 20.2 Å². The van der Waals surface area contributed by atoms with Gasteiger partial charge in [0.1, 0.15) is 0 Å². The molecule has 1 aliphatic heterocycles. The van der Waals surface area contributed by atoms with Gasteiger partial charge in [-0.3, -0.25) is 0 Å². The van der Waals surface area contributed by atoms with Crippen LogP contribution in [0.5, 0.6) is 0 Å². The normalized spacial score (nSPS) is 22.4. The third-order valence-corrected chi connectivity index (χ3v) is 5.64. The van der Waals surface area contributed by atoms with E-state index in [-0.39, 0.29) is 0 Å². The lowest BCUT2D eigenvalue weighted by molar-refractivity contribution is 0.306. The maximum Gasteiger partial charge on any atom is 0.169 e. The molecule has 1 aromatic rings. The molecule has 0 bridgehead atoms. The standard InChI is InChI=1S/C17H29N3S2/c1-14-7-8-16(15-6-4-11-19(15)2)20(12-9-14)17(21)18-10-5-13-22-3/h4,6,11,14,16H,5,7-10,12-13H2,1-3H3,(H,18,21)/t14-,16-/m0/s1. The van der Waals surface area contributed by atoms with Crippen LogP contribution in [0.15, 0.2) is 18.3 Å². The van der Waals surface area contributed by atoms with Gasteiger partial charge in [-0.1, -0.05) is 6.92 Å². The van der Waals surface area contributed by atoms with E-state index in [1.54, 1.807) is 0 Å². The number of aryl methyl sites for hydroxylation is 1. The molecule has 1 N–H and O–H groups in total. The maximum absolute atomic E-state index is 5.72. The molecule has 1 aromatic heterocycles. The first-order valence-corrected chi connectivity index (χ1v) is 10.1. The molecule has 0 aliphatic carbocycles. The number of nitrogens with one attached hydrogen (secondary N) is 1. The fourth-order valence-corrected chi connectivity index (χ4v) is 3.90. The van der Waals surface area contributed by atoms with Crippen molar-refractivity contribution >= 4 is 29.1 Å². The van der Waals surface area contributed by atoms with Gasteiger partial charge in [0.2, 0.25) is 0 Å². The van der Waals surface area contributed by atoms with Crippen molar-refractivity contribution in [2.45, 2.75) is 38.6 Å². The molecule has 2 atom stereocenters. The Kier molecular flexibility index (Phi) is 7.09. The molecule has 1 fully saturated rings. The van der Waals surface area contributed by atoms with Gasteiger partial charge in [-0.15, -0.1) is 0 Å². The quantitative estimate of drug-likeness (QED) is 0.650. The number of nitrogens with zero attached hydrogens (tertiary/aromatic N) is 2. The highest BCUT2D eigenvalue weighted by Crippen LogP contribution is 2.32.